The van der Waals surface area contributed by atoms with Gasteiger partial charge in [0.1, 0.15) is 11.5 Å². The molecule has 3 aromatic carbocycles. The van der Waals surface area contributed by atoms with Crippen LogP contribution in [0.3, 0.4) is 0 Å². The van der Waals surface area contributed by atoms with Gasteiger partial charge >= 0.3 is 0 Å². The Morgan fingerprint density at radius 2 is 1.63 bits per heavy atom. The zero-order chi connectivity index (χ0) is 18.8. The molecule has 0 aliphatic carbocycles. The van der Waals surface area contributed by atoms with E-state index < -0.39 is 0 Å². The van der Waals surface area contributed by atoms with Crippen molar-refractivity contribution in [1.82, 2.24) is 10.4 Å². The lowest BCUT2D eigenvalue weighted by Crippen LogP contribution is -2.50. The average Bonchev–Trinajstić information content (AvgIpc) is 2.70. The van der Waals surface area contributed by atoms with E-state index in [4.69, 9.17) is 9.47 Å². The highest BCUT2D eigenvalue weighted by molar-refractivity contribution is 6.25. The van der Waals surface area contributed by atoms with Crippen LogP contribution in [0.25, 0.3) is 10.8 Å². The van der Waals surface area contributed by atoms with Gasteiger partial charge in [0.15, 0.2) is 0 Å². The second-order valence-electron chi connectivity index (χ2n) is 6.10. The number of hydrogen-bond acceptors (Lipinski definition) is 5. The number of methoxy groups -OCH3 is 1. The van der Waals surface area contributed by atoms with Crippen LogP contribution < -0.4 is 10.2 Å². The molecule has 0 saturated heterocycles. The molecule has 0 unspecified atom stereocenters. The van der Waals surface area contributed by atoms with Crippen molar-refractivity contribution >= 4 is 22.6 Å². The summed E-state index contributed by atoms with van der Waals surface area (Å²) in [5, 5.41) is 2.39. The van der Waals surface area contributed by atoms with Crippen LogP contribution in [-0.2, 0) is 4.74 Å². The summed E-state index contributed by atoms with van der Waals surface area (Å²) >= 11 is 0. The van der Waals surface area contributed by atoms with Crippen LogP contribution >= 0.6 is 0 Å². The number of para-hydroxylation sites is 1. The summed E-state index contributed by atoms with van der Waals surface area (Å²) in [6.45, 7) is 0.743. The van der Waals surface area contributed by atoms with Crippen molar-refractivity contribution in [3.8, 4) is 11.5 Å². The van der Waals surface area contributed by atoms with Gasteiger partial charge in [-0.25, -0.2) is 10.4 Å². The number of amides is 2. The smallest absolute Gasteiger partial charge is 0.275 e. The molecule has 6 nitrogen and oxygen atoms in total. The van der Waals surface area contributed by atoms with Gasteiger partial charge in [-0.05, 0) is 30.3 Å². The van der Waals surface area contributed by atoms with E-state index in [1.807, 2.05) is 36.4 Å². The molecule has 0 spiro atoms. The Balaban J connectivity index is 1.77. The third-order valence-electron chi connectivity index (χ3n) is 4.41. The maximum Gasteiger partial charge on any atom is 0.275 e. The predicted octanol–water partition coefficient (Wildman–Crippen LogP) is 3.38. The van der Waals surface area contributed by atoms with Gasteiger partial charge in [-0.3, -0.25) is 9.59 Å². The molecule has 3 aromatic rings. The monoisotopic (exact) mass is 362 g/mol. The van der Waals surface area contributed by atoms with E-state index in [1.54, 1.807) is 31.4 Å². The molecule has 1 heterocycles. The lowest BCUT2D eigenvalue weighted by molar-refractivity contribution is 0.0500. The minimum absolute atomic E-state index is 0.356. The van der Waals surface area contributed by atoms with Gasteiger partial charge in [0.05, 0.1) is 17.7 Å². The summed E-state index contributed by atoms with van der Waals surface area (Å²) in [6.07, 6.45) is 0. The first-order valence-corrected chi connectivity index (χ1v) is 8.60. The van der Waals surface area contributed by atoms with Crippen LogP contribution in [0.4, 0.5) is 0 Å². The first-order valence-electron chi connectivity index (χ1n) is 8.60. The van der Waals surface area contributed by atoms with E-state index in [0.717, 1.165) is 10.4 Å². The summed E-state index contributed by atoms with van der Waals surface area (Å²) in [7, 11) is 1.56. The van der Waals surface area contributed by atoms with Gasteiger partial charge in [0, 0.05) is 24.4 Å². The molecular weight excluding hydrogens is 344 g/mol. The summed E-state index contributed by atoms with van der Waals surface area (Å²) in [6, 6.07) is 18.2. The molecule has 0 saturated carbocycles. The first kappa shape index (κ1) is 17.2. The lowest BCUT2D eigenvalue weighted by atomic mass is 9.94. The Hall–Kier alpha value is -3.22. The maximum absolute atomic E-state index is 12.8. The number of imide groups is 1. The van der Waals surface area contributed by atoms with Gasteiger partial charge in [-0.1, -0.05) is 30.3 Å². The highest BCUT2D eigenvalue weighted by Crippen LogP contribution is 2.36. The molecule has 6 heteroatoms. The minimum Gasteiger partial charge on any atom is -0.457 e. The predicted molar refractivity (Wildman–Crippen MR) is 101 cm³/mol. The second kappa shape index (κ2) is 7.19. The summed E-state index contributed by atoms with van der Waals surface area (Å²) in [5.74, 6) is 0.523. The molecule has 136 valence electrons. The molecule has 0 radical (unpaired) electrons. The van der Waals surface area contributed by atoms with E-state index in [0.29, 0.717) is 41.2 Å². The zero-order valence-corrected chi connectivity index (χ0v) is 14.8. The van der Waals surface area contributed by atoms with E-state index in [2.05, 4.69) is 5.43 Å². The number of hydrogen-bond donors (Lipinski definition) is 1. The zero-order valence-electron chi connectivity index (χ0n) is 14.8. The van der Waals surface area contributed by atoms with Crippen molar-refractivity contribution in [3.05, 3.63) is 71.8 Å². The number of benzene rings is 3. The molecular formula is C21H18N2O4. The Kier molecular flexibility index (Phi) is 4.58. The van der Waals surface area contributed by atoms with E-state index in [9.17, 15) is 9.59 Å². The first-order chi connectivity index (χ1) is 13.2. The van der Waals surface area contributed by atoms with Crippen molar-refractivity contribution in [3.63, 3.8) is 0 Å². The van der Waals surface area contributed by atoms with Gasteiger partial charge in [-0.15, -0.1) is 0 Å². The highest BCUT2D eigenvalue weighted by Gasteiger charge is 2.33. The lowest BCUT2D eigenvalue weighted by Gasteiger charge is -2.27. The molecule has 0 atom stereocenters. The Bertz CT molecular complexity index is 995. The normalized spacial score (nSPS) is 13.3. The summed E-state index contributed by atoms with van der Waals surface area (Å²) in [4.78, 5) is 25.7. The Morgan fingerprint density at radius 3 is 2.37 bits per heavy atom. The van der Waals surface area contributed by atoms with Crippen LogP contribution in [0.15, 0.2) is 60.7 Å². The largest absolute Gasteiger partial charge is 0.457 e. The van der Waals surface area contributed by atoms with Crippen molar-refractivity contribution < 1.29 is 19.1 Å². The molecule has 0 aromatic heterocycles. The fourth-order valence-electron chi connectivity index (χ4n) is 3.18. The molecule has 0 bridgehead atoms. The average molecular weight is 362 g/mol. The number of nitrogens with one attached hydrogen (secondary N) is 1. The topological polar surface area (TPSA) is 67.9 Å². The quantitative estimate of drug-likeness (QED) is 0.538. The SMILES string of the molecule is COCCNN1C(=O)c2cccc3c(Oc4ccccc4)ccc(c23)C1=O. The van der Waals surface area contributed by atoms with Gasteiger partial charge in [0.2, 0.25) is 0 Å². The van der Waals surface area contributed by atoms with Crippen molar-refractivity contribution in [2.24, 2.45) is 0 Å². The molecule has 27 heavy (non-hydrogen) atoms. The fraction of sp³-hybridized carbons (Fsp3) is 0.143. The van der Waals surface area contributed by atoms with Gasteiger partial charge < -0.3 is 9.47 Å². The van der Waals surface area contributed by atoms with Gasteiger partial charge in [-0.2, -0.15) is 0 Å². The molecule has 2 amide bonds. The van der Waals surface area contributed by atoms with Crippen molar-refractivity contribution in [2.45, 2.75) is 0 Å². The summed E-state index contributed by atoms with van der Waals surface area (Å²) < 4.78 is 11.0. The van der Waals surface area contributed by atoms with E-state index in [-0.39, 0.29) is 11.8 Å². The standard InChI is InChI=1S/C21H18N2O4/c1-26-13-12-22-23-20(24)16-9-5-8-15-18(27-14-6-3-2-4-7-14)11-10-17(19(15)16)21(23)25/h2-11,22H,12-13H2,1H3. The number of hydrazine groups is 1. The fourth-order valence-corrected chi connectivity index (χ4v) is 3.18. The number of carbonyl (C=O) groups excluding carboxylic acids is 2. The highest BCUT2D eigenvalue weighted by atomic mass is 16.5. The third kappa shape index (κ3) is 3.05. The number of nitrogens with zero attached hydrogens (tertiary/aromatic N) is 1. The van der Waals surface area contributed by atoms with Crippen LogP contribution in [0.1, 0.15) is 20.7 Å². The van der Waals surface area contributed by atoms with Crippen LogP contribution in [0, 0.1) is 0 Å². The molecule has 0 fully saturated rings. The second-order valence-corrected chi connectivity index (χ2v) is 6.10. The van der Waals surface area contributed by atoms with E-state index in [1.165, 1.54) is 0 Å². The number of ether oxygens (including phenoxy) is 2. The molecule has 1 aliphatic rings. The number of carbonyl (C=O) groups is 2. The third-order valence-corrected chi connectivity index (χ3v) is 4.41. The minimum atomic E-state index is -0.383. The van der Waals surface area contributed by atoms with Gasteiger partial charge in [0.25, 0.3) is 11.8 Å². The van der Waals surface area contributed by atoms with Crippen molar-refractivity contribution in [2.75, 3.05) is 20.3 Å². The Labute approximate surface area is 156 Å². The summed E-state index contributed by atoms with van der Waals surface area (Å²) in [5.41, 5.74) is 3.77. The van der Waals surface area contributed by atoms with Crippen LogP contribution in [0.5, 0.6) is 11.5 Å². The van der Waals surface area contributed by atoms with Crippen molar-refractivity contribution in [1.29, 1.82) is 0 Å². The molecule has 1 aliphatic heterocycles. The Morgan fingerprint density at radius 1 is 0.889 bits per heavy atom. The number of rotatable bonds is 6. The van der Waals surface area contributed by atoms with E-state index >= 15 is 0 Å². The maximum atomic E-state index is 12.8. The van der Waals surface area contributed by atoms with Crippen LogP contribution in [-0.4, -0.2) is 37.1 Å². The van der Waals surface area contributed by atoms with Crippen LogP contribution in [0.2, 0.25) is 0 Å². The molecule has 1 N–H and O–H groups in total. The molecule has 4 rings (SSSR count).